The fourth-order valence-electron chi connectivity index (χ4n) is 1.81. The van der Waals surface area contributed by atoms with Crippen molar-refractivity contribution >= 4 is 22.7 Å². The lowest BCUT2D eigenvalue weighted by Gasteiger charge is -2.18. The highest BCUT2D eigenvalue weighted by atomic mass is 16.6. The Morgan fingerprint density at radius 3 is 3.00 bits per heavy atom. The largest absolute Gasteiger partial charge is 0.395 e. The van der Waals surface area contributed by atoms with Crippen molar-refractivity contribution in [3.63, 3.8) is 0 Å². The lowest BCUT2D eigenvalue weighted by Crippen LogP contribution is -2.27. The van der Waals surface area contributed by atoms with Crippen molar-refractivity contribution in [2.75, 3.05) is 24.6 Å². The van der Waals surface area contributed by atoms with Crippen molar-refractivity contribution in [1.29, 1.82) is 0 Å². The molecule has 0 aliphatic heterocycles. The van der Waals surface area contributed by atoms with Crippen LogP contribution >= 0.6 is 0 Å². The SMILES string of the molecule is C=CCN(CCO)c1nc2ccc([N+](=O)[O-])cc2[nH]1. The van der Waals surface area contributed by atoms with Crippen LogP contribution in [0, 0.1) is 10.1 Å². The maximum absolute atomic E-state index is 10.7. The number of non-ortho nitro benzene ring substituents is 1. The summed E-state index contributed by atoms with van der Waals surface area (Å²) in [7, 11) is 0. The molecule has 2 N–H and O–H groups in total. The van der Waals surface area contributed by atoms with Gasteiger partial charge in [-0.25, -0.2) is 4.98 Å². The van der Waals surface area contributed by atoms with E-state index in [2.05, 4.69) is 16.5 Å². The Bertz CT molecular complexity index is 608. The standard InChI is InChI=1S/C12H14N4O3/c1-2-5-15(6-7-17)12-13-10-4-3-9(16(18)19)8-11(10)14-12/h2-4,8,17H,1,5-7H2,(H,13,14). The van der Waals surface area contributed by atoms with Gasteiger partial charge in [0, 0.05) is 25.2 Å². The molecule has 0 aliphatic rings. The Labute approximate surface area is 109 Å². The highest BCUT2D eigenvalue weighted by Crippen LogP contribution is 2.22. The Morgan fingerprint density at radius 2 is 2.37 bits per heavy atom. The van der Waals surface area contributed by atoms with Gasteiger partial charge in [0.2, 0.25) is 5.95 Å². The minimum absolute atomic E-state index is 0.00890. The molecule has 100 valence electrons. The summed E-state index contributed by atoms with van der Waals surface area (Å²) in [5, 5.41) is 19.7. The van der Waals surface area contributed by atoms with E-state index in [0.717, 1.165) is 0 Å². The second-order valence-electron chi connectivity index (χ2n) is 3.98. The number of nitrogens with one attached hydrogen (secondary N) is 1. The number of rotatable bonds is 6. The Kier molecular flexibility index (Phi) is 3.76. The van der Waals surface area contributed by atoms with Gasteiger partial charge in [-0.2, -0.15) is 0 Å². The van der Waals surface area contributed by atoms with Crippen LogP contribution in [-0.2, 0) is 0 Å². The van der Waals surface area contributed by atoms with Gasteiger partial charge < -0.3 is 15.0 Å². The summed E-state index contributed by atoms with van der Waals surface area (Å²) in [5.41, 5.74) is 1.25. The maximum Gasteiger partial charge on any atom is 0.271 e. The highest BCUT2D eigenvalue weighted by molar-refractivity contribution is 5.80. The highest BCUT2D eigenvalue weighted by Gasteiger charge is 2.12. The number of imidazole rings is 1. The van der Waals surface area contributed by atoms with E-state index >= 15 is 0 Å². The van der Waals surface area contributed by atoms with Gasteiger partial charge in [0.15, 0.2) is 0 Å². The fourth-order valence-corrected chi connectivity index (χ4v) is 1.81. The number of aliphatic hydroxyl groups excluding tert-OH is 1. The first kappa shape index (κ1) is 13.0. The Morgan fingerprint density at radius 1 is 1.58 bits per heavy atom. The first-order chi connectivity index (χ1) is 9.15. The molecular weight excluding hydrogens is 248 g/mol. The molecule has 0 fully saturated rings. The van der Waals surface area contributed by atoms with E-state index in [-0.39, 0.29) is 12.3 Å². The summed E-state index contributed by atoms with van der Waals surface area (Å²) in [6.45, 7) is 4.58. The van der Waals surface area contributed by atoms with Crippen LogP contribution in [0.3, 0.4) is 0 Å². The number of benzene rings is 1. The Balaban J connectivity index is 2.39. The summed E-state index contributed by atoms with van der Waals surface area (Å²) < 4.78 is 0. The number of H-pyrrole nitrogens is 1. The van der Waals surface area contributed by atoms with Gasteiger partial charge in [0.1, 0.15) is 0 Å². The second kappa shape index (κ2) is 5.49. The average molecular weight is 262 g/mol. The third-order valence-electron chi connectivity index (χ3n) is 2.68. The topological polar surface area (TPSA) is 95.3 Å². The van der Waals surface area contributed by atoms with E-state index in [4.69, 9.17) is 5.11 Å². The molecule has 19 heavy (non-hydrogen) atoms. The van der Waals surface area contributed by atoms with Crippen LogP contribution < -0.4 is 4.90 Å². The van der Waals surface area contributed by atoms with Gasteiger partial charge in [-0.05, 0) is 6.07 Å². The van der Waals surface area contributed by atoms with Crippen molar-refractivity contribution in [3.8, 4) is 0 Å². The van der Waals surface area contributed by atoms with Crippen molar-refractivity contribution in [2.24, 2.45) is 0 Å². The van der Waals surface area contributed by atoms with Crippen LogP contribution in [0.4, 0.5) is 11.6 Å². The molecule has 1 aromatic carbocycles. The van der Waals surface area contributed by atoms with E-state index in [1.807, 2.05) is 0 Å². The third kappa shape index (κ3) is 2.71. The van der Waals surface area contributed by atoms with Gasteiger partial charge in [0.05, 0.1) is 22.6 Å². The molecule has 1 aromatic heterocycles. The van der Waals surface area contributed by atoms with E-state index in [0.29, 0.717) is 30.1 Å². The molecule has 0 amide bonds. The quantitative estimate of drug-likeness (QED) is 0.467. The maximum atomic E-state index is 10.7. The van der Waals surface area contributed by atoms with Gasteiger partial charge in [-0.1, -0.05) is 6.08 Å². The molecule has 0 saturated carbocycles. The molecule has 7 heteroatoms. The molecule has 2 rings (SSSR count). The van der Waals surface area contributed by atoms with Crippen LogP contribution in [0.25, 0.3) is 11.0 Å². The van der Waals surface area contributed by atoms with Crippen LogP contribution in [0.15, 0.2) is 30.9 Å². The molecule has 1 heterocycles. The third-order valence-corrected chi connectivity index (χ3v) is 2.68. The zero-order valence-corrected chi connectivity index (χ0v) is 10.2. The smallest absolute Gasteiger partial charge is 0.271 e. The first-order valence-electron chi connectivity index (χ1n) is 5.76. The Hall–Kier alpha value is -2.41. The van der Waals surface area contributed by atoms with Crippen LogP contribution in [0.1, 0.15) is 0 Å². The van der Waals surface area contributed by atoms with E-state index < -0.39 is 4.92 Å². The molecule has 0 bridgehead atoms. The van der Waals surface area contributed by atoms with Gasteiger partial charge in [-0.3, -0.25) is 10.1 Å². The van der Waals surface area contributed by atoms with Crippen LogP contribution in [0.5, 0.6) is 0 Å². The first-order valence-corrected chi connectivity index (χ1v) is 5.76. The van der Waals surface area contributed by atoms with Gasteiger partial charge in [0.25, 0.3) is 5.69 Å². The molecule has 0 aliphatic carbocycles. The number of hydrogen-bond acceptors (Lipinski definition) is 5. The van der Waals surface area contributed by atoms with Gasteiger partial charge >= 0.3 is 0 Å². The molecule has 0 spiro atoms. The van der Waals surface area contributed by atoms with Crippen LogP contribution in [0.2, 0.25) is 0 Å². The summed E-state index contributed by atoms with van der Waals surface area (Å²) in [4.78, 5) is 19.4. The molecule has 0 saturated heterocycles. The van der Waals surface area contributed by atoms with Crippen molar-refractivity contribution in [2.45, 2.75) is 0 Å². The van der Waals surface area contributed by atoms with Crippen LogP contribution in [-0.4, -0.2) is 39.7 Å². The normalized spacial score (nSPS) is 10.6. The molecule has 0 radical (unpaired) electrons. The van der Waals surface area contributed by atoms with E-state index in [9.17, 15) is 10.1 Å². The molecular formula is C12H14N4O3. The summed E-state index contributed by atoms with van der Waals surface area (Å²) >= 11 is 0. The summed E-state index contributed by atoms with van der Waals surface area (Å²) in [6, 6.07) is 4.45. The number of aromatic amines is 1. The van der Waals surface area contributed by atoms with Crippen molar-refractivity contribution in [1.82, 2.24) is 9.97 Å². The van der Waals surface area contributed by atoms with Crippen molar-refractivity contribution < 1.29 is 10.0 Å². The number of anilines is 1. The zero-order chi connectivity index (χ0) is 13.8. The monoisotopic (exact) mass is 262 g/mol. The van der Waals surface area contributed by atoms with Crippen molar-refractivity contribution in [3.05, 3.63) is 41.0 Å². The lowest BCUT2D eigenvalue weighted by molar-refractivity contribution is -0.384. The minimum atomic E-state index is -0.449. The summed E-state index contributed by atoms with van der Waals surface area (Å²) in [5.74, 6) is 0.560. The number of nitro groups is 1. The zero-order valence-electron chi connectivity index (χ0n) is 10.2. The number of fused-ring (bicyclic) bond motifs is 1. The molecule has 0 unspecified atom stereocenters. The fraction of sp³-hybridized carbons (Fsp3) is 0.250. The lowest BCUT2D eigenvalue weighted by atomic mass is 10.3. The van der Waals surface area contributed by atoms with Gasteiger partial charge in [-0.15, -0.1) is 6.58 Å². The number of aromatic nitrogens is 2. The molecule has 0 atom stereocenters. The van der Waals surface area contributed by atoms with E-state index in [1.54, 1.807) is 17.0 Å². The number of nitrogens with zero attached hydrogens (tertiary/aromatic N) is 3. The average Bonchev–Trinajstić information content (AvgIpc) is 2.80. The molecule has 7 nitrogen and oxygen atoms in total. The number of hydrogen-bond donors (Lipinski definition) is 2. The van der Waals surface area contributed by atoms with E-state index in [1.165, 1.54) is 12.1 Å². The number of nitro benzene ring substituents is 1. The minimum Gasteiger partial charge on any atom is -0.395 e. The number of aliphatic hydroxyl groups is 1. The molecule has 2 aromatic rings. The predicted octanol–water partition coefficient (Wildman–Crippen LogP) is 1.46. The predicted molar refractivity (Wildman–Crippen MR) is 72.2 cm³/mol. The second-order valence-corrected chi connectivity index (χ2v) is 3.98. The summed E-state index contributed by atoms with van der Waals surface area (Å²) in [6.07, 6.45) is 1.70.